The molecular weight excluding hydrogens is 1750 g/mol. The maximum atomic E-state index is 12.5. The molecule has 0 radical (unpaired) electrons. The Balaban J connectivity index is 0.000000179. The number of para-hydroxylation sites is 5. The fourth-order valence-electron chi connectivity index (χ4n) is 9.93. The number of aromatic nitrogens is 5. The van der Waals surface area contributed by atoms with Crippen molar-refractivity contribution in [1.29, 1.82) is 0 Å². The van der Waals surface area contributed by atoms with Gasteiger partial charge in [0.15, 0.2) is 25.7 Å². The highest BCUT2D eigenvalue weighted by Gasteiger charge is 2.28. The molecule has 0 spiro atoms. The van der Waals surface area contributed by atoms with Gasteiger partial charge in [-0.15, -0.1) is 0 Å². The lowest BCUT2D eigenvalue weighted by atomic mass is 9.98. The van der Waals surface area contributed by atoms with Crippen LogP contribution in [0.2, 0.25) is 0 Å². The van der Waals surface area contributed by atoms with Gasteiger partial charge in [0.05, 0.1) is 70.0 Å². The summed E-state index contributed by atoms with van der Waals surface area (Å²) in [6.45, 7) is 6.47. The summed E-state index contributed by atoms with van der Waals surface area (Å²) < 4.78 is 30.9. The summed E-state index contributed by atoms with van der Waals surface area (Å²) in [6.07, 6.45) is 8.40. The van der Waals surface area contributed by atoms with Crippen LogP contribution in [0.3, 0.4) is 0 Å². The van der Waals surface area contributed by atoms with Gasteiger partial charge in [0.1, 0.15) is 59.7 Å². The van der Waals surface area contributed by atoms with E-state index in [1.54, 1.807) is 118 Å². The van der Waals surface area contributed by atoms with Crippen LogP contribution in [0.4, 0.5) is 55.5 Å². The quantitative estimate of drug-likeness (QED) is 0.00732. The van der Waals surface area contributed by atoms with Crippen LogP contribution in [0.25, 0.3) is 6.08 Å². The number of esters is 4. The van der Waals surface area contributed by atoms with Crippen molar-refractivity contribution in [3.05, 3.63) is 309 Å². The first-order chi connectivity index (χ1) is 60.5. The van der Waals surface area contributed by atoms with Crippen molar-refractivity contribution in [1.82, 2.24) is 30.2 Å². The maximum Gasteiger partial charge on any atom is 0.514 e. The molecule has 1 fully saturated rings. The molecule has 0 unspecified atom stereocenters. The number of ether oxygens (including phenoxy) is 6. The van der Waals surface area contributed by atoms with Crippen molar-refractivity contribution in [2.24, 2.45) is 5.92 Å². The highest BCUT2D eigenvalue weighted by atomic mass is 32.1. The largest absolute Gasteiger partial charge is 0.514 e. The average molecular weight is 1810 g/mol. The summed E-state index contributed by atoms with van der Waals surface area (Å²) in [5.74, 6) is -4.78. The third-order valence-corrected chi connectivity index (χ3v) is 20.0. The molecule has 5 aromatic heterocycles. The van der Waals surface area contributed by atoms with E-state index in [0.717, 1.165) is 106 Å². The predicted octanol–water partition coefficient (Wildman–Crippen LogP) is 15.5. The second-order valence-corrected chi connectivity index (χ2v) is 29.8. The molecule has 0 aliphatic carbocycles. The number of hydrogen-bond acceptors (Lipinski definition) is 37. The van der Waals surface area contributed by atoms with Crippen LogP contribution in [0, 0.1) is 56.5 Å². The second-order valence-electron chi connectivity index (χ2n) is 24.8. The Morgan fingerprint density at radius 1 is 0.405 bits per heavy atom. The molecule has 6 heterocycles. The predicted molar refractivity (Wildman–Crippen MR) is 458 cm³/mol. The molecule has 12 aromatic rings. The summed E-state index contributed by atoms with van der Waals surface area (Å²) >= 11 is 3.66. The van der Waals surface area contributed by atoms with Gasteiger partial charge in [0.2, 0.25) is 0 Å². The van der Waals surface area contributed by atoms with Gasteiger partial charge in [-0.25, -0.2) is 39.3 Å². The molecule has 0 bridgehead atoms. The van der Waals surface area contributed by atoms with Crippen LogP contribution in [0.15, 0.2) is 219 Å². The van der Waals surface area contributed by atoms with Crippen LogP contribution in [-0.4, -0.2) is 128 Å². The molecule has 126 heavy (non-hydrogen) atoms. The molecule has 0 atom stereocenters. The van der Waals surface area contributed by atoms with Gasteiger partial charge in [0.25, 0.3) is 29.5 Å². The summed E-state index contributed by atoms with van der Waals surface area (Å²) in [4.78, 5) is 190. The Hall–Kier alpha value is -16.1. The molecule has 1 saturated heterocycles. The topological polar surface area (TPSA) is 578 Å². The number of rotatable bonds is 26. The van der Waals surface area contributed by atoms with Gasteiger partial charge in [-0.1, -0.05) is 116 Å². The molecule has 47 heteroatoms. The molecule has 13 rings (SSSR count). The van der Waals surface area contributed by atoms with E-state index in [0.29, 0.717) is 18.4 Å². The van der Waals surface area contributed by atoms with E-state index in [4.69, 9.17) is 28.4 Å². The van der Waals surface area contributed by atoms with Crippen molar-refractivity contribution in [2.45, 2.75) is 46.1 Å². The third kappa shape index (κ3) is 28.8. The number of carbonyl (C=O) groups is 10. The highest BCUT2D eigenvalue weighted by Crippen LogP contribution is 2.34. The third-order valence-electron chi connectivity index (χ3n) is 15.7. The summed E-state index contributed by atoms with van der Waals surface area (Å²) in [7, 11) is 0. The minimum atomic E-state index is -0.935. The molecule has 1 aliphatic heterocycles. The standard InChI is InChI=1S/C19H13N3O5S.C17H11N3O5S.C16H16N4O5S.C14H13N3O6S.C13H11N3O5S/c23-17(11-10-13-6-2-1-3-7-13)27-15-9-5-4-8-14(15)18(24)21-19-20-12-16(28-19)22(25)26;21-15(19-17-18-10-14(26-17)20(23)24)12-8-4-5-9-13(12)25-16(22)11-6-2-1-3-7-11;21-14(19-16-18-9-13(26-16)20(23)24)11-3-1-2-4-12(11)25-15(22)10-5-7-17-8-6-10;1-8(2)22-14(19)23-10-6-4-3-5-9(10)12(18)16-13-15-7-11(24-13)17(20)21;1-2-11(17)21-9-6-4-3-5-8(9)12(18)15-13-14-7-10(22-13)16(19)20/h1-12H,(H,20,21,24);1-10H,(H,18,19,21);1-4,9-10,17H,5-8H2,(H,18,19,21);3-8H,1-2H3,(H,15,16,18);3-7H,2H2,1H3,(H,14,15,18)/b11-10+;;;;. The van der Waals surface area contributed by atoms with Crippen LogP contribution < -0.4 is 55.6 Å². The van der Waals surface area contributed by atoms with Gasteiger partial charge in [0, 0.05) is 12.5 Å². The number of benzene rings is 7. The zero-order valence-corrected chi connectivity index (χ0v) is 69.3. The van der Waals surface area contributed by atoms with Gasteiger partial charge >= 0.3 is 55.0 Å². The van der Waals surface area contributed by atoms with Crippen LogP contribution in [0.5, 0.6) is 28.7 Å². The molecule has 7 aromatic carbocycles. The minimum Gasteiger partial charge on any atom is -0.431 e. The monoisotopic (exact) mass is 1810 g/mol. The molecule has 5 amide bonds. The zero-order chi connectivity index (χ0) is 90.8. The van der Waals surface area contributed by atoms with Gasteiger partial charge in [-0.2, -0.15) is 0 Å². The lowest BCUT2D eigenvalue weighted by molar-refractivity contribution is -0.380. The maximum absolute atomic E-state index is 12.5. The smallest absolute Gasteiger partial charge is 0.431 e. The molecule has 6 N–H and O–H groups in total. The van der Waals surface area contributed by atoms with E-state index in [-0.39, 0.29) is 132 Å². The summed E-state index contributed by atoms with van der Waals surface area (Å²) in [5, 5.41) is 68.2. The van der Waals surface area contributed by atoms with Crippen molar-refractivity contribution in [3.8, 4) is 28.7 Å². The van der Waals surface area contributed by atoms with Gasteiger partial charge in [-0.3, -0.25) is 111 Å². The number of amides is 5. The van der Waals surface area contributed by atoms with Crippen molar-refractivity contribution >= 4 is 173 Å². The Kier molecular flexibility index (Phi) is 34.7. The first-order valence-electron chi connectivity index (χ1n) is 36.3. The van der Waals surface area contributed by atoms with E-state index in [9.17, 15) is 98.5 Å². The normalized spacial score (nSPS) is 11.2. The van der Waals surface area contributed by atoms with Crippen LogP contribution in [-0.2, 0) is 19.1 Å². The van der Waals surface area contributed by atoms with E-state index in [2.05, 4.69) is 56.8 Å². The number of piperidine rings is 1. The number of nitrogens with one attached hydrogen (secondary N) is 6. The zero-order valence-electron chi connectivity index (χ0n) is 65.2. The number of nitro groups is 5. The average Bonchev–Trinajstić information content (AvgIpc) is 1.48. The Labute approximate surface area is 729 Å². The number of hydrogen-bond donors (Lipinski definition) is 6. The summed E-state index contributed by atoms with van der Waals surface area (Å²) in [5.41, 5.74) is 1.75. The van der Waals surface area contributed by atoms with E-state index < -0.39 is 78.2 Å². The Morgan fingerprint density at radius 2 is 0.698 bits per heavy atom. The Bertz CT molecular complexity index is 6020. The Morgan fingerprint density at radius 3 is 1.02 bits per heavy atom. The number of carbonyl (C=O) groups excluding carboxylic acids is 10. The minimum absolute atomic E-state index is 0.00621. The fourth-order valence-corrected chi connectivity index (χ4v) is 13.1. The lowest BCUT2D eigenvalue weighted by Gasteiger charge is -2.21. The van der Waals surface area contributed by atoms with Gasteiger partial charge < -0.3 is 33.7 Å². The lowest BCUT2D eigenvalue weighted by Crippen LogP contribution is -2.34. The summed E-state index contributed by atoms with van der Waals surface area (Å²) in [6, 6.07) is 48.6. The van der Waals surface area contributed by atoms with Gasteiger partial charge in [-0.05, 0) is 181 Å². The SMILES string of the molecule is CC(C)OC(=O)Oc1ccccc1C(=O)Nc1ncc([N+](=O)[O-])s1.CCC(=O)Oc1ccccc1C(=O)Nc1ncc([N+](=O)[O-])s1.O=C(/C=C/c1ccccc1)Oc1ccccc1C(=O)Nc1ncc([N+](=O)[O-])s1.O=C(Nc1ncc([N+](=O)[O-])s1)c1ccccc1OC(=O)C1CCNCC1.O=C(Oc1ccccc1C(=O)Nc1ncc([N+](=O)[O-])s1)c1ccccc1. The fraction of sp³-hybridized carbons (Fsp3) is 0.127. The van der Waals surface area contributed by atoms with E-state index in [1.165, 1.54) is 66.7 Å². The van der Waals surface area contributed by atoms with Crippen molar-refractivity contribution in [3.63, 3.8) is 0 Å². The van der Waals surface area contributed by atoms with E-state index >= 15 is 0 Å². The second kappa shape index (κ2) is 46.6. The molecule has 0 saturated carbocycles. The number of thiazole rings is 5. The first kappa shape index (κ1) is 93.8. The molecule has 646 valence electrons. The number of anilines is 5. The molecule has 42 nitrogen and oxygen atoms in total. The highest BCUT2D eigenvalue weighted by molar-refractivity contribution is 7.20. The van der Waals surface area contributed by atoms with Crippen LogP contribution >= 0.6 is 56.7 Å². The van der Waals surface area contributed by atoms with E-state index in [1.807, 2.05) is 30.3 Å². The number of nitrogens with zero attached hydrogens (tertiary/aromatic N) is 10. The van der Waals surface area contributed by atoms with Crippen molar-refractivity contribution in [2.75, 3.05) is 39.7 Å². The van der Waals surface area contributed by atoms with Crippen LogP contribution in [0.1, 0.15) is 108 Å². The van der Waals surface area contributed by atoms with Crippen molar-refractivity contribution < 1.29 is 101 Å². The molecule has 1 aliphatic rings. The first-order valence-corrected chi connectivity index (χ1v) is 40.3. The molecular formula is C79H64N16O26S5.